The number of fused-ring (bicyclic) bond motifs is 1. The van der Waals surface area contributed by atoms with Crippen LogP contribution in [0.3, 0.4) is 0 Å². The maximum absolute atomic E-state index is 13.6. The molecule has 2 aromatic carbocycles. The largest absolute Gasteiger partial charge is 0.334 e. The lowest BCUT2D eigenvalue weighted by Gasteiger charge is -2.56. The summed E-state index contributed by atoms with van der Waals surface area (Å²) >= 11 is 0. The first-order valence-electron chi connectivity index (χ1n) is 11.9. The summed E-state index contributed by atoms with van der Waals surface area (Å²) in [5.74, 6) is -0.771. The Morgan fingerprint density at radius 3 is 2.34 bits per heavy atom. The quantitative estimate of drug-likeness (QED) is 0.713. The predicted octanol–water partition coefficient (Wildman–Crippen LogP) is 2.98. The minimum Gasteiger partial charge on any atom is -0.333 e. The zero-order valence-electron chi connectivity index (χ0n) is 20.5. The maximum atomic E-state index is 13.6. The molecule has 35 heavy (non-hydrogen) atoms. The Morgan fingerprint density at radius 2 is 1.71 bits per heavy atom. The Labute approximate surface area is 205 Å². The van der Waals surface area contributed by atoms with E-state index in [-0.39, 0.29) is 55.3 Å². The molecule has 0 unspecified atom stereocenters. The molecule has 2 heterocycles. The van der Waals surface area contributed by atoms with E-state index in [2.05, 4.69) is 5.32 Å². The van der Waals surface area contributed by atoms with E-state index < -0.39 is 12.2 Å². The molecule has 4 rings (SSSR count). The third-order valence-corrected chi connectivity index (χ3v) is 6.77. The molecule has 0 spiro atoms. The van der Waals surface area contributed by atoms with Gasteiger partial charge in [0, 0.05) is 13.6 Å². The Kier molecular flexibility index (Phi) is 7.07. The van der Waals surface area contributed by atoms with Crippen molar-refractivity contribution >= 4 is 17.8 Å². The number of hydrazine groups is 1. The monoisotopic (exact) mass is 481 g/mol. The molecule has 0 saturated carbocycles. The van der Waals surface area contributed by atoms with Crippen molar-refractivity contribution in [1.82, 2.24) is 25.1 Å². The van der Waals surface area contributed by atoms with Gasteiger partial charge < -0.3 is 15.1 Å². The molecule has 0 bridgehead atoms. The highest BCUT2D eigenvalue weighted by Gasteiger charge is 2.52. The molecular formula is C26H32FN5O3. The van der Waals surface area contributed by atoms with Crippen LogP contribution in [0.5, 0.6) is 0 Å². The normalized spacial score (nSPS) is 21.8. The van der Waals surface area contributed by atoms with Crippen molar-refractivity contribution in [3.05, 3.63) is 71.5 Å². The SMILES string of the molecule is CC(C)[C@H]1C(=O)N([C@@H](C)c2ccccc2)C[C@H]2N1C(=O)CN(C)N2C(=O)NCc1ccc(F)cc1. The Bertz CT molecular complexity index is 1080. The number of benzene rings is 2. The summed E-state index contributed by atoms with van der Waals surface area (Å²) in [6.45, 7) is 6.19. The molecule has 0 aliphatic carbocycles. The molecule has 8 nitrogen and oxygen atoms in total. The molecular weight excluding hydrogens is 449 g/mol. The van der Waals surface area contributed by atoms with Gasteiger partial charge in [-0.15, -0.1) is 0 Å². The van der Waals surface area contributed by atoms with E-state index in [1.807, 2.05) is 51.1 Å². The van der Waals surface area contributed by atoms with Crippen LogP contribution < -0.4 is 5.32 Å². The van der Waals surface area contributed by atoms with E-state index in [4.69, 9.17) is 0 Å². The average Bonchev–Trinajstić information content (AvgIpc) is 2.83. The Hall–Kier alpha value is -3.46. The van der Waals surface area contributed by atoms with Crippen molar-refractivity contribution < 1.29 is 18.8 Å². The van der Waals surface area contributed by atoms with Crippen molar-refractivity contribution in [2.45, 2.75) is 45.6 Å². The van der Waals surface area contributed by atoms with E-state index in [1.165, 1.54) is 17.1 Å². The molecule has 2 fully saturated rings. The van der Waals surface area contributed by atoms with E-state index in [0.717, 1.165) is 11.1 Å². The van der Waals surface area contributed by atoms with Crippen LogP contribution in [-0.4, -0.2) is 70.0 Å². The van der Waals surface area contributed by atoms with E-state index in [9.17, 15) is 18.8 Å². The highest BCUT2D eigenvalue weighted by molar-refractivity contribution is 5.91. The zero-order valence-corrected chi connectivity index (χ0v) is 20.5. The first-order valence-corrected chi connectivity index (χ1v) is 11.9. The minimum atomic E-state index is -0.673. The van der Waals surface area contributed by atoms with Crippen molar-refractivity contribution in [1.29, 1.82) is 0 Å². The maximum Gasteiger partial charge on any atom is 0.334 e. The van der Waals surface area contributed by atoms with Crippen molar-refractivity contribution in [3.8, 4) is 0 Å². The number of urea groups is 1. The van der Waals surface area contributed by atoms with Gasteiger partial charge in [0.05, 0.1) is 19.1 Å². The minimum absolute atomic E-state index is 0.00872. The molecule has 9 heteroatoms. The molecule has 0 aromatic heterocycles. The van der Waals surface area contributed by atoms with Crippen molar-refractivity contribution in [2.75, 3.05) is 20.1 Å². The number of hydrogen-bond acceptors (Lipinski definition) is 4. The first kappa shape index (κ1) is 24.7. The van der Waals surface area contributed by atoms with E-state index in [1.54, 1.807) is 34.0 Å². The number of carbonyl (C=O) groups excluding carboxylic acids is 3. The van der Waals surface area contributed by atoms with Gasteiger partial charge in [-0.25, -0.2) is 19.2 Å². The summed E-state index contributed by atoms with van der Waals surface area (Å²) in [7, 11) is 1.69. The topological polar surface area (TPSA) is 76.2 Å². The highest BCUT2D eigenvalue weighted by Crippen LogP contribution is 2.33. The van der Waals surface area contributed by atoms with Gasteiger partial charge in [0.2, 0.25) is 11.8 Å². The average molecular weight is 482 g/mol. The zero-order chi connectivity index (χ0) is 25.3. The fourth-order valence-corrected chi connectivity index (χ4v) is 4.94. The number of nitrogens with one attached hydrogen (secondary N) is 1. The van der Waals surface area contributed by atoms with E-state index in [0.29, 0.717) is 0 Å². The molecule has 2 aromatic rings. The number of hydrogen-bond donors (Lipinski definition) is 1. The standard InChI is InChI=1S/C26H32FN5O3/c1-17(2)24-25(34)30(18(3)20-8-6-5-7-9-20)15-22-31(24)23(33)16-29(4)32(22)26(35)28-14-19-10-12-21(27)13-11-19/h5-13,17-18,22,24H,14-16H2,1-4H3,(H,28,35)/t18-,22-,24-/m0/s1. The first-order chi connectivity index (χ1) is 16.7. The smallest absolute Gasteiger partial charge is 0.333 e. The molecule has 186 valence electrons. The van der Waals surface area contributed by atoms with Crippen LogP contribution in [0.2, 0.25) is 0 Å². The Morgan fingerprint density at radius 1 is 1.06 bits per heavy atom. The number of carbonyl (C=O) groups is 3. The second kappa shape index (κ2) is 10.0. The summed E-state index contributed by atoms with van der Waals surface area (Å²) in [5, 5.41) is 6.00. The molecule has 2 aliphatic heterocycles. The van der Waals surface area contributed by atoms with Crippen LogP contribution in [0.1, 0.15) is 37.9 Å². The number of amides is 4. The lowest BCUT2D eigenvalue weighted by molar-refractivity contribution is -0.192. The van der Waals surface area contributed by atoms with E-state index >= 15 is 0 Å². The van der Waals surface area contributed by atoms with Crippen LogP contribution >= 0.6 is 0 Å². The lowest BCUT2D eigenvalue weighted by atomic mass is 9.94. The summed E-state index contributed by atoms with van der Waals surface area (Å²) < 4.78 is 13.2. The number of halogens is 1. The second-order valence-corrected chi connectivity index (χ2v) is 9.49. The van der Waals surface area contributed by atoms with Crippen LogP contribution in [0, 0.1) is 11.7 Å². The number of piperazine rings is 1. The summed E-state index contributed by atoms with van der Waals surface area (Å²) in [4.78, 5) is 43.5. The van der Waals surface area contributed by atoms with Crippen molar-refractivity contribution in [2.24, 2.45) is 5.92 Å². The van der Waals surface area contributed by atoms with Gasteiger partial charge in [-0.1, -0.05) is 56.3 Å². The summed E-state index contributed by atoms with van der Waals surface area (Å²) in [6, 6.07) is 14.4. The van der Waals surface area contributed by atoms with Gasteiger partial charge >= 0.3 is 6.03 Å². The molecule has 2 saturated heterocycles. The molecule has 2 aliphatic rings. The van der Waals surface area contributed by atoms with Gasteiger partial charge in [0.1, 0.15) is 18.0 Å². The van der Waals surface area contributed by atoms with Crippen LogP contribution in [0.4, 0.5) is 9.18 Å². The van der Waals surface area contributed by atoms with Crippen LogP contribution in [0.25, 0.3) is 0 Å². The van der Waals surface area contributed by atoms with Crippen LogP contribution in [0.15, 0.2) is 54.6 Å². The molecule has 0 radical (unpaired) electrons. The third-order valence-electron chi connectivity index (χ3n) is 6.77. The van der Waals surface area contributed by atoms with Gasteiger partial charge in [0.15, 0.2) is 0 Å². The van der Waals surface area contributed by atoms with Crippen LogP contribution in [-0.2, 0) is 16.1 Å². The van der Waals surface area contributed by atoms with Gasteiger partial charge in [-0.3, -0.25) is 9.59 Å². The molecule has 3 atom stereocenters. The van der Waals surface area contributed by atoms with Gasteiger partial charge in [-0.05, 0) is 36.1 Å². The third kappa shape index (κ3) is 4.86. The van der Waals surface area contributed by atoms with Gasteiger partial charge in [0.25, 0.3) is 0 Å². The number of likely N-dealkylation sites (N-methyl/N-ethyl adjacent to an activating group) is 1. The fourth-order valence-electron chi connectivity index (χ4n) is 4.94. The van der Waals surface area contributed by atoms with Gasteiger partial charge in [-0.2, -0.15) is 0 Å². The number of rotatable bonds is 5. The summed E-state index contributed by atoms with van der Waals surface area (Å²) in [6.07, 6.45) is -0.647. The summed E-state index contributed by atoms with van der Waals surface area (Å²) in [5.41, 5.74) is 1.74. The predicted molar refractivity (Wildman–Crippen MR) is 129 cm³/mol. The lowest BCUT2D eigenvalue weighted by Crippen LogP contribution is -2.76. The second-order valence-electron chi connectivity index (χ2n) is 9.49. The number of nitrogens with zero attached hydrogens (tertiary/aromatic N) is 4. The Balaban J connectivity index is 1.63. The molecule has 4 amide bonds. The molecule has 1 N–H and O–H groups in total. The fraction of sp³-hybridized carbons (Fsp3) is 0.423. The van der Waals surface area contributed by atoms with Crippen molar-refractivity contribution in [3.63, 3.8) is 0 Å². The highest BCUT2D eigenvalue weighted by atomic mass is 19.1.